The Bertz CT molecular complexity index is 634. The van der Waals surface area contributed by atoms with Crippen LogP contribution in [0.1, 0.15) is 11.6 Å². The Hall–Kier alpha value is -1.59. The molecule has 20 heavy (non-hydrogen) atoms. The van der Waals surface area contributed by atoms with Gasteiger partial charge in [0.1, 0.15) is 11.9 Å². The van der Waals surface area contributed by atoms with Crippen molar-refractivity contribution in [1.29, 1.82) is 0 Å². The smallest absolute Gasteiger partial charge is 0.244 e. The lowest BCUT2D eigenvalue weighted by Gasteiger charge is -2.18. The zero-order valence-corrected chi connectivity index (χ0v) is 12.6. The normalized spacial score (nSPS) is 11.9. The van der Waals surface area contributed by atoms with Crippen molar-refractivity contribution >= 4 is 39.1 Å². The first-order chi connectivity index (χ1) is 9.49. The van der Waals surface area contributed by atoms with Crippen LogP contribution in [0.5, 0.6) is 0 Å². The molecule has 1 amide bonds. The molecule has 0 aromatic heterocycles. The van der Waals surface area contributed by atoms with E-state index in [4.69, 9.17) is 17.3 Å². The van der Waals surface area contributed by atoms with E-state index in [2.05, 4.69) is 21.2 Å². The average molecular weight is 358 g/mol. The molecule has 0 radical (unpaired) electrons. The predicted molar refractivity (Wildman–Crippen MR) is 81.1 cm³/mol. The van der Waals surface area contributed by atoms with Gasteiger partial charge in [-0.25, -0.2) is 4.39 Å². The van der Waals surface area contributed by atoms with Gasteiger partial charge in [-0.05, 0) is 30.3 Å². The van der Waals surface area contributed by atoms with E-state index in [9.17, 15) is 9.18 Å². The molecular weight excluding hydrogens is 347 g/mol. The third-order valence-corrected chi connectivity index (χ3v) is 3.55. The molecule has 2 aromatic carbocycles. The number of primary amides is 1. The van der Waals surface area contributed by atoms with Gasteiger partial charge < -0.3 is 11.1 Å². The highest BCUT2D eigenvalue weighted by atomic mass is 79.9. The van der Waals surface area contributed by atoms with Gasteiger partial charge in [0.05, 0.1) is 5.02 Å². The van der Waals surface area contributed by atoms with Crippen LogP contribution in [0.2, 0.25) is 5.02 Å². The van der Waals surface area contributed by atoms with Crippen LogP contribution in [0, 0.1) is 5.82 Å². The maximum absolute atomic E-state index is 14.0. The minimum absolute atomic E-state index is 0.0497. The Morgan fingerprint density at radius 2 is 1.90 bits per heavy atom. The number of nitrogens with two attached hydrogens (primary N) is 1. The van der Waals surface area contributed by atoms with E-state index in [0.717, 1.165) is 4.47 Å². The molecule has 1 unspecified atom stereocenters. The monoisotopic (exact) mass is 356 g/mol. The Kier molecular flexibility index (Phi) is 4.62. The first kappa shape index (κ1) is 14.8. The Balaban J connectivity index is 2.34. The molecule has 0 fully saturated rings. The van der Waals surface area contributed by atoms with Crippen LogP contribution in [0.3, 0.4) is 0 Å². The van der Waals surface area contributed by atoms with E-state index in [1.54, 1.807) is 30.3 Å². The standard InChI is InChI=1S/C14H11BrClFN2O/c15-8-4-6-9(7-5-8)19-13(14(18)20)10-2-1-3-11(16)12(10)17/h1-7,13,19H,(H2,18,20). The topological polar surface area (TPSA) is 55.1 Å². The molecule has 0 aliphatic heterocycles. The molecule has 2 aromatic rings. The number of rotatable bonds is 4. The lowest BCUT2D eigenvalue weighted by Crippen LogP contribution is -2.28. The lowest BCUT2D eigenvalue weighted by atomic mass is 10.1. The second-order valence-electron chi connectivity index (χ2n) is 4.13. The van der Waals surface area contributed by atoms with E-state index in [1.807, 2.05) is 0 Å². The quantitative estimate of drug-likeness (QED) is 0.872. The van der Waals surface area contributed by atoms with Crippen molar-refractivity contribution in [3.8, 4) is 0 Å². The van der Waals surface area contributed by atoms with Crippen molar-refractivity contribution in [2.75, 3.05) is 5.32 Å². The minimum Gasteiger partial charge on any atom is -0.370 e. The summed E-state index contributed by atoms with van der Waals surface area (Å²) in [6.45, 7) is 0. The summed E-state index contributed by atoms with van der Waals surface area (Å²) in [6, 6.07) is 10.6. The fourth-order valence-corrected chi connectivity index (χ4v) is 2.20. The molecule has 0 bridgehead atoms. The van der Waals surface area contributed by atoms with Gasteiger partial charge in [0.2, 0.25) is 5.91 Å². The summed E-state index contributed by atoms with van der Waals surface area (Å²) in [5, 5.41) is 2.85. The molecule has 0 saturated heterocycles. The fraction of sp³-hybridized carbons (Fsp3) is 0.0714. The molecule has 0 aliphatic rings. The van der Waals surface area contributed by atoms with Crippen LogP contribution in [-0.4, -0.2) is 5.91 Å². The number of halogens is 3. The molecule has 0 spiro atoms. The van der Waals surface area contributed by atoms with Crippen LogP contribution in [0.15, 0.2) is 46.9 Å². The molecule has 3 N–H and O–H groups in total. The van der Waals surface area contributed by atoms with Crippen molar-refractivity contribution in [2.24, 2.45) is 5.73 Å². The van der Waals surface area contributed by atoms with Crippen molar-refractivity contribution < 1.29 is 9.18 Å². The summed E-state index contributed by atoms with van der Waals surface area (Å²) in [5.74, 6) is -1.34. The summed E-state index contributed by atoms with van der Waals surface area (Å²) < 4.78 is 14.9. The van der Waals surface area contributed by atoms with E-state index in [0.29, 0.717) is 5.69 Å². The lowest BCUT2D eigenvalue weighted by molar-refractivity contribution is -0.118. The second kappa shape index (κ2) is 6.24. The van der Waals surface area contributed by atoms with Gasteiger partial charge in [-0.1, -0.05) is 39.7 Å². The van der Waals surface area contributed by atoms with Gasteiger partial charge in [0.25, 0.3) is 0 Å². The van der Waals surface area contributed by atoms with E-state index < -0.39 is 17.8 Å². The van der Waals surface area contributed by atoms with Crippen molar-refractivity contribution in [1.82, 2.24) is 0 Å². The van der Waals surface area contributed by atoms with E-state index in [1.165, 1.54) is 12.1 Å². The number of hydrogen-bond donors (Lipinski definition) is 2. The van der Waals surface area contributed by atoms with E-state index in [-0.39, 0.29) is 10.6 Å². The maximum atomic E-state index is 14.0. The Morgan fingerprint density at radius 1 is 1.25 bits per heavy atom. The molecule has 0 saturated carbocycles. The highest BCUT2D eigenvalue weighted by Gasteiger charge is 2.22. The molecule has 0 aliphatic carbocycles. The predicted octanol–water partition coefficient (Wildman–Crippen LogP) is 3.88. The molecule has 0 heterocycles. The second-order valence-corrected chi connectivity index (χ2v) is 5.45. The third-order valence-electron chi connectivity index (χ3n) is 2.73. The van der Waals surface area contributed by atoms with Crippen LogP contribution >= 0.6 is 27.5 Å². The van der Waals surface area contributed by atoms with Gasteiger partial charge in [0, 0.05) is 15.7 Å². The average Bonchev–Trinajstić information content (AvgIpc) is 2.41. The Morgan fingerprint density at radius 3 is 2.50 bits per heavy atom. The number of nitrogens with one attached hydrogen (secondary N) is 1. The summed E-state index contributed by atoms with van der Waals surface area (Å²) in [4.78, 5) is 11.6. The van der Waals surface area contributed by atoms with Gasteiger partial charge in [0.15, 0.2) is 0 Å². The van der Waals surface area contributed by atoms with E-state index >= 15 is 0 Å². The SMILES string of the molecule is NC(=O)C(Nc1ccc(Br)cc1)c1cccc(Cl)c1F. The molecule has 2 rings (SSSR count). The zero-order valence-electron chi connectivity index (χ0n) is 10.2. The number of carbonyl (C=O) groups excluding carboxylic acids is 1. The molecule has 1 atom stereocenters. The third kappa shape index (κ3) is 3.29. The van der Waals surface area contributed by atoms with Gasteiger partial charge in [-0.15, -0.1) is 0 Å². The summed E-state index contributed by atoms with van der Waals surface area (Å²) in [5.41, 5.74) is 6.11. The number of carbonyl (C=O) groups is 1. The number of benzene rings is 2. The number of amides is 1. The minimum atomic E-state index is -0.991. The van der Waals surface area contributed by atoms with Crippen molar-refractivity contribution in [2.45, 2.75) is 6.04 Å². The summed E-state index contributed by atoms with van der Waals surface area (Å²) in [7, 11) is 0. The molecule has 104 valence electrons. The highest BCUT2D eigenvalue weighted by Crippen LogP contribution is 2.26. The first-order valence-electron chi connectivity index (χ1n) is 5.74. The zero-order chi connectivity index (χ0) is 14.7. The first-order valence-corrected chi connectivity index (χ1v) is 6.91. The van der Waals surface area contributed by atoms with Crippen molar-refractivity contribution in [3.63, 3.8) is 0 Å². The highest BCUT2D eigenvalue weighted by molar-refractivity contribution is 9.10. The Labute approximate surface area is 129 Å². The molecule has 6 heteroatoms. The van der Waals surface area contributed by atoms with Crippen LogP contribution < -0.4 is 11.1 Å². The maximum Gasteiger partial charge on any atom is 0.244 e. The number of anilines is 1. The van der Waals surface area contributed by atoms with Gasteiger partial charge >= 0.3 is 0 Å². The van der Waals surface area contributed by atoms with Crippen LogP contribution in [0.4, 0.5) is 10.1 Å². The van der Waals surface area contributed by atoms with Gasteiger partial charge in [-0.2, -0.15) is 0 Å². The van der Waals surface area contributed by atoms with Crippen LogP contribution in [0.25, 0.3) is 0 Å². The largest absolute Gasteiger partial charge is 0.370 e. The molecule has 3 nitrogen and oxygen atoms in total. The van der Waals surface area contributed by atoms with Crippen LogP contribution in [-0.2, 0) is 4.79 Å². The summed E-state index contributed by atoms with van der Waals surface area (Å²) in [6.07, 6.45) is 0. The molecular formula is C14H11BrClFN2O. The van der Waals surface area contributed by atoms with Crippen molar-refractivity contribution in [3.05, 3.63) is 63.3 Å². The fourth-order valence-electron chi connectivity index (χ4n) is 1.76. The number of hydrogen-bond acceptors (Lipinski definition) is 2. The summed E-state index contributed by atoms with van der Waals surface area (Å²) >= 11 is 9.04. The van der Waals surface area contributed by atoms with Gasteiger partial charge in [-0.3, -0.25) is 4.79 Å².